The molecule has 0 spiro atoms. The number of Topliss-reactive ketones (excluding diaryl/α,β-unsaturated/α-hetero) is 1. The Hall–Kier alpha value is -2.39. The van der Waals surface area contributed by atoms with E-state index in [4.69, 9.17) is 9.66 Å². The van der Waals surface area contributed by atoms with Crippen molar-refractivity contribution >= 4 is 28.0 Å². The molecule has 0 aliphatic carbocycles. The Labute approximate surface area is 158 Å². The van der Waals surface area contributed by atoms with Crippen LogP contribution in [0.3, 0.4) is 0 Å². The van der Waals surface area contributed by atoms with Gasteiger partial charge in [-0.1, -0.05) is 12.1 Å². The van der Waals surface area contributed by atoms with Crippen LogP contribution in [0.15, 0.2) is 24.3 Å². The van der Waals surface area contributed by atoms with Crippen LogP contribution in [0.4, 0.5) is 0 Å². The van der Waals surface area contributed by atoms with E-state index in [1.165, 1.54) is 6.07 Å². The van der Waals surface area contributed by atoms with E-state index in [9.17, 15) is 43.5 Å². The standard InChI is InChI=1S/C15H18O12S/c16-6-11(20)12(21)14(23)15(27-28(24,25)26)13(22)9(18)4-2-7-1-3-8(17)10(19)5-7/h1-5,11-12,14-17,19-21,23H,6H2,(H,24,25,26)/b4-2+/t11-,12-,14+,15+/m1/s1. The summed E-state index contributed by atoms with van der Waals surface area (Å²) in [5, 5.41) is 56.0. The lowest BCUT2D eigenvalue weighted by Gasteiger charge is -2.26. The summed E-state index contributed by atoms with van der Waals surface area (Å²) in [7, 11) is -5.36. The number of benzene rings is 1. The van der Waals surface area contributed by atoms with E-state index in [1.807, 2.05) is 0 Å². The predicted molar refractivity (Wildman–Crippen MR) is 90.3 cm³/mol. The van der Waals surface area contributed by atoms with Gasteiger partial charge in [0.05, 0.1) is 6.61 Å². The summed E-state index contributed by atoms with van der Waals surface area (Å²) in [5.74, 6) is -4.12. The minimum absolute atomic E-state index is 0.153. The summed E-state index contributed by atoms with van der Waals surface area (Å²) in [6, 6.07) is 3.37. The highest BCUT2D eigenvalue weighted by Crippen LogP contribution is 2.25. The number of hydrogen-bond acceptors (Lipinski definition) is 11. The van der Waals surface area contributed by atoms with Gasteiger partial charge in [-0.25, -0.2) is 4.18 Å². The fraction of sp³-hybridized carbons (Fsp3) is 0.333. The van der Waals surface area contributed by atoms with Crippen LogP contribution < -0.4 is 0 Å². The van der Waals surface area contributed by atoms with Crippen LogP contribution in [0.25, 0.3) is 6.08 Å². The van der Waals surface area contributed by atoms with Crippen molar-refractivity contribution in [3.05, 3.63) is 29.8 Å². The van der Waals surface area contributed by atoms with Gasteiger partial charge in [-0.05, 0) is 23.8 Å². The van der Waals surface area contributed by atoms with Gasteiger partial charge < -0.3 is 30.6 Å². The highest BCUT2D eigenvalue weighted by atomic mass is 32.3. The summed E-state index contributed by atoms with van der Waals surface area (Å²) in [4.78, 5) is 24.1. The fourth-order valence-corrected chi connectivity index (χ4v) is 2.40. The Morgan fingerprint density at radius 2 is 1.68 bits per heavy atom. The molecule has 0 fully saturated rings. The molecule has 0 saturated heterocycles. The first kappa shape index (κ1) is 23.6. The highest BCUT2D eigenvalue weighted by molar-refractivity contribution is 7.80. The minimum Gasteiger partial charge on any atom is -0.504 e. The Kier molecular flexibility index (Phi) is 8.19. The molecular formula is C15H18O12S. The number of phenolic OH excluding ortho intramolecular Hbond substituents is 2. The van der Waals surface area contributed by atoms with Crippen LogP contribution in [-0.2, 0) is 24.2 Å². The molecule has 4 atom stereocenters. The molecule has 1 aromatic carbocycles. The number of carbonyl (C=O) groups is 2. The van der Waals surface area contributed by atoms with E-state index in [2.05, 4.69) is 4.18 Å². The van der Waals surface area contributed by atoms with Crippen molar-refractivity contribution in [1.82, 2.24) is 0 Å². The van der Waals surface area contributed by atoms with Crippen molar-refractivity contribution in [1.29, 1.82) is 0 Å². The second kappa shape index (κ2) is 9.70. The van der Waals surface area contributed by atoms with Gasteiger partial charge in [0.2, 0.25) is 11.6 Å². The summed E-state index contributed by atoms with van der Waals surface area (Å²) in [6.07, 6.45) is -7.85. The van der Waals surface area contributed by atoms with E-state index in [0.29, 0.717) is 6.08 Å². The number of aliphatic hydroxyl groups is 4. The van der Waals surface area contributed by atoms with E-state index in [0.717, 1.165) is 18.2 Å². The van der Waals surface area contributed by atoms with Crippen molar-refractivity contribution in [3.8, 4) is 11.5 Å². The molecule has 7 N–H and O–H groups in total. The maximum Gasteiger partial charge on any atom is 0.398 e. The van der Waals surface area contributed by atoms with Gasteiger partial charge in [-0.3, -0.25) is 14.1 Å². The molecule has 12 nitrogen and oxygen atoms in total. The van der Waals surface area contributed by atoms with Crippen LogP contribution in [0, 0.1) is 0 Å². The van der Waals surface area contributed by atoms with Gasteiger partial charge in [0.25, 0.3) is 0 Å². The molecule has 0 aliphatic rings. The van der Waals surface area contributed by atoms with Gasteiger partial charge in [-0.2, -0.15) is 8.42 Å². The molecule has 0 bridgehead atoms. The Bertz CT molecular complexity index is 847. The van der Waals surface area contributed by atoms with Crippen LogP contribution in [0.1, 0.15) is 5.56 Å². The third-order valence-corrected chi connectivity index (χ3v) is 3.85. The van der Waals surface area contributed by atoms with Crippen molar-refractivity contribution < 1.29 is 57.4 Å². The topological polar surface area (TPSA) is 219 Å². The van der Waals surface area contributed by atoms with Gasteiger partial charge in [0, 0.05) is 0 Å². The molecule has 28 heavy (non-hydrogen) atoms. The Morgan fingerprint density at radius 1 is 1.07 bits per heavy atom. The van der Waals surface area contributed by atoms with Gasteiger partial charge in [0.15, 0.2) is 17.6 Å². The van der Waals surface area contributed by atoms with Crippen LogP contribution in [0.5, 0.6) is 11.5 Å². The largest absolute Gasteiger partial charge is 0.504 e. The van der Waals surface area contributed by atoms with Crippen molar-refractivity contribution in [2.45, 2.75) is 24.4 Å². The number of carbonyl (C=O) groups excluding carboxylic acids is 2. The average Bonchev–Trinajstić information content (AvgIpc) is 2.63. The molecular weight excluding hydrogens is 404 g/mol. The molecule has 0 aliphatic heterocycles. The number of allylic oxidation sites excluding steroid dienone is 1. The Balaban J connectivity index is 3.08. The number of aliphatic hydroxyl groups excluding tert-OH is 4. The first-order valence-electron chi connectivity index (χ1n) is 7.46. The lowest BCUT2D eigenvalue weighted by molar-refractivity contribution is -0.150. The number of rotatable bonds is 10. The second-order valence-electron chi connectivity index (χ2n) is 5.49. The monoisotopic (exact) mass is 422 g/mol. The molecule has 0 aromatic heterocycles. The number of aromatic hydroxyl groups is 2. The van der Waals surface area contributed by atoms with Crippen LogP contribution in [0.2, 0.25) is 0 Å². The summed E-state index contributed by atoms with van der Waals surface area (Å²) in [6.45, 7) is -1.08. The van der Waals surface area contributed by atoms with E-state index in [-0.39, 0.29) is 5.56 Å². The second-order valence-corrected chi connectivity index (χ2v) is 6.53. The first-order chi connectivity index (χ1) is 12.9. The molecule has 156 valence electrons. The first-order valence-corrected chi connectivity index (χ1v) is 8.83. The van der Waals surface area contributed by atoms with Gasteiger partial charge in [-0.15, -0.1) is 0 Å². The molecule has 0 unspecified atom stereocenters. The van der Waals surface area contributed by atoms with Crippen molar-refractivity contribution in [2.75, 3.05) is 6.61 Å². The molecule has 0 heterocycles. The van der Waals surface area contributed by atoms with Gasteiger partial charge in [0.1, 0.15) is 18.3 Å². The van der Waals surface area contributed by atoms with Crippen molar-refractivity contribution in [2.24, 2.45) is 0 Å². The maximum absolute atomic E-state index is 12.1. The number of hydrogen-bond donors (Lipinski definition) is 7. The number of ketones is 2. The zero-order chi connectivity index (χ0) is 21.6. The molecule has 0 radical (unpaired) electrons. The van der Waals surface area contributed by atoms with E-state index in [1.54, 1.807) is 0 Å². The fourth-order valence-electron chi connectivity index (χ4n) is 1.94. The normalized spacial score (nSPS) is 16.5. The molecule has 1 rings (SSSR count). The van der Waals surface area contributed by atoms with Crippen molar-refractivity contribution in [3.63, 3.8) is 0 Å². The summed E-state index contributed by atoms with van der Waals surface area (Å²) < 4.78 is 34.4. The third kappa shape index (κ3) is 6.65. The summed E-state index contributed by atoms with van der Waals surface area (Å²) >= 11 is 0. The Morgan fingerprint density at radius 3 is 2.18 bits per heavy atom. The minimum atomic E-state index is -5.36. The smallest absolute Gasteiger partial charge is 0.398 e. The quantitative estimate of drug-likeness (QED) is 0.0901. The lowest BCUT2D eigenvalue weighted by atomic mass is 9.98. The maximum atomic E-state index is 12.1. The molecule has 0 amide bonds. The predicted octanol–water partition coefficient (Wildman–Crippen LogP) is -2.49. The van der Waals surface area contributed by atoms with Gasteiger partial charge >= 0.3 is 10.4 Å². The summed E-state index contributed by atoms with van der Waals surface area (Å²) in [5.41, 5.74) is 0.153. The molecule has 13 heteroatoms. The highest BCUT2D eigenvalue weighted by Gasteiger charge is 2.41. The third-order valence-electron chi connectivity index (χ3n) is 3.39. The van der Waals surface area contributed by atoms with E-state index >= 15 is 0 Å². The van der Waals surface area contributed by atoms with Crippen LogP contribution >= 0.6 is 0 Å². The molecule has 0 saturated carbocycles. The average molecular weight is 422 g/mol. The van der Waals surface area contributed by atoms with Crippen LogP contribution in [-0.4, -0.2) is 86.2 Å². The number of phenols is 2. The lowest BCUT2D eigenvalue weighted by Crippen LogP contribution is -2.51. The SMILES string of the molecule is O=C(/C=C/c1ccc(O)c(O)c1)C(=O)[C@H](OS(=O)(=O)O)[C@@H](O)[C@H](O)[C@H](O)CO. The molecule has 1 aromatic rings. The van der Waals surface area contributed by atoms with E-state index < -0.39 is 64.5 Å². The zero-order valence-electron chi connectivity index (χ0n) is 14.0. The zero-order valence-corrected chi connectivity index (χ0v) is 14.8.